The smallest absolute Gasteiger partial charge is 0.137 e. The summed E-state index contributed by atoms with van der Waals surface area (Å²) in [5.74, 6) is 0.944. The van der Waals surface area contributed by atoms with Crippen molar-refractivity contribution in [3.63, 3.8) is 0 Å². The van der Waals surface area contributed by atoms with Gasteiger partial charge in [-0.3, -0.25) is 4.57 Å². The highest BCUT2D eigenvalue weighted by molar-refractivity contribution is 6.33. The Morgan fingerprint density at radius 2 is 0.603 bits per heavy atom. The molecule has 0 saturated heterocycles. The number of hydrogen-bond donors (Lipinski definition) is 0. The molecule has 0 unspecified atom stereocenters. The lowest BCUT2D eigenvalue weighted by atomic mass is 9.68. The molecule has 0 amide bonds. The molecule has 0 aliphatic heterocycles. The van der Waals surface area contributed by atoms with Crippen LogP contribution in [-0.4, -0.2) is 18.7 Å². The molecule has 0 fully saturated rings. The van der Waals surface area contributed by atoms with E-state index >= 15 is 0 Å². The molecular weight excluding hydrogens is 1400 g/mol. The summed E-state index contributed by atoms with van der Waals surface area (Å²) in [5.41, 5.74) is 28.8. The molecule has 0 atom stereocenters. The Kier molecular flexibility index (Phi) is 14.5. The minimum absolute atomic E-state index is 0.0712. The molecule has 116 heavy (non-hydrogen) atoms. The van der Waals surface area contributed by atoms with Crippen LogP contribution in [0.1, 0.15) is 80.5 Å². The predicted molar refractivity (Wildman–Crippen MR) is 488 cm³/mol. The first kappa shape index (κ1) is 67.3. The fraction of sp³-hybridized carbons (Fsp3) is 0.0811. The van der Waals surface area contributed by atoms with E-state index in [0.717, 1.165) is 11.5 Å². The van der Waals surface area contributed by atoms with Crippen LogP contribution in [0.5, 0.6) is 0 Å². The van der Waals surface area contributed by atoms with E-state index in [1.54, 1.807) is 0 Å². The number of nitriles is 1. The standard InChI is InChI=1S/C41H29N.C36H24N2.C34H24N2/c1-41(2)33-20-9-8-19-32(33)39-37-29(16-11-21-34(37)41)25-36-40(39)38-31-18-7-6-14-27(31)22-23-35(38)42(36)30-17-10-15-28(24-30)26-12-4-3-5-13-26;1-36(2)28-12-6-5-11-27(28)34-32-24(9-7-13-29(32)36)20-31-35(34)33-26-10-4-3-8-23(26)16-19-30(33)38(31)25-17-14-22(21-37)15-18-25;1-34(2)25-14-6-5-13-24(25)32-30-22(11-9-15-26(30)34)20-28-33(32)31-23-12-4-3-10-21(23)17-18-27(31)36(28)29-16-7-8-19-35-29/h3-25H,1-2H3;3-20H,1-2H3;3-20H,1-2H3. The first-order valence-electron chi connectivity index (χ1n) is 40.5. The number of hydrogen-bond acceptors (Lipinski definition) is 2. The van der Waals surface area contributed by atoms with Gasteiger partial charge >= 0.3 is 0 Å². The van der Waals surface area contributed by atoms with Crippen LogP contribution in [0.4, 0.5) is 0 Å². The van der Waals surface area contributed by atoms with Gasteiger partial charge in [0.05, 0.1) is 44.7 Å². The summed E-state index contributed by atoms with van der Waals surface area (Å²) in [4.78, 5) is 4.80. The Balaban J connectivity index is 0.000000103. The molecule has 18 aromatic carbocycles. The summed E-state index contributed by atoms with van der Waals surface area (Å²) < 4.78 is 7.22. The highest BCUT2D eigenvalue weighted by Gasteiger charge is 2.39. The summed E-state index contributed by atoms with van der Waals surface area (Å²) in [7, 11) is 0. The van der Waals surface area contributed by atoms with E-state index in [-0.39, 0.29) is 16.2 Å². The molecule has 0 saturated carbocycles. The summed E-state index contributed by atoms with van der Waals surface area (Å²) in [6.07, 6.45) is 1.88. The number of aromatic nitrogens is 4. The fourth-order valence-electron chi connectivity index (χ4n) is 21.1. The maximum Gasteiger partial charge on any atom is 0.137 e. The van der Waals surface area contributed by atoms with Crippen LogP contribution in [0, 0.1) is 11.3 Å². The average molecular weight is 1480 g/mol. The molecule has 5 nitrogen and oxygen atoms in total. The second kappa shape index (κ2) is 25.0. The highest BCUT2D eigenvalue weighted by atomic mass is 15.1. The molecule has 5 heteroatoms. The fourth-order valence-corrected chi connectivity index (χ4v) is 21.1. The van der Waals surface area contributed by atoms with Crippen molar-refractivity contribution in [1.29, 1.82) is 5.26 Å². The first-order chi connectivity index (χ1) is 56.8. The molecule has 0 radical (unpaired) electrons. The largest absolute Gasteiger partial charge is 0.309 e. The van der Waals surface area contributed by atoms with Crippen LogP contribution in [-0.2, 0) is 16.2 Å². The van der Waals surface area contributed by atoms with Crippen LogP contribution >= 0.6 is 0 Å². The van der Waals surface area contributed by atoms with E-state index in [9.17, 15) is 5.26 Å². The van der Waals surface area contributed by atoms with Crippen molar-refractivity contribution >= 4 is 130 Å². The van der Waals surface area contributed by atoms with E-state index in [4.69, 9.17) is 4.98 Å². The van der Waals surface area contributed by atoms with Crippen molar-refractivity contribution in [2.24, 2.45) is 0 Å². The van der Waals surface area contributed by atoms with Crippen molar-refractivity contribution in [2.75, 3.05) is 0 Å². The molecule has 25 rings (SSSR count). The molecule has 0 bridgehead atoms. The van der Waals surface area contributed by atoms with Crippen molar-refractivity contribution in [2.45, 2.75) is 57.8 Å². The molecule has 0 spiro atoms. The average Bonchev–Trinajstić information content (AvgIpc) is 1.48. The summed E-state index contributed by atoms with van der Waals surface area (Å²) in [6.45, 7) is 14.2. The van der Waals surface area contributed by atoms with Gasteiger partial charge in [0.2, 0.25) is 0 Å². The zero-order chi connectivity index (χ0) is 77.6. The van der Waals surface area contributed by atoms with Crippen LogP contribution < -0.4 is 0 Å². The Hall–Kier alpha value is -14.4. The summed E-state index contributed by atoms with van der Waals surface area (Å²) in [6, 6.07) is 131. The van der Waals surface area contributed by atoms with E-state index < -0.39 is 0 Å². The molecular formula is C111H77N5. The lowest BCUT2D eigenvalue weighted by molar-refractivity contribution is 0.645. The Bertz CT molecular complexity index is 8030. The molecule has 546 valence electrons. The number of fused-ring (bicyclic) bond motifs is 24. The highest BCUT2D eigenvalue weighted by Crippen LogP contribution is 2.58. The minimum Gasteiger partial charge on any atom is -0.309 e. The molecule has 3 aliphatic carbocycles. The number of rotatable bonds is 4. The zero-order valence-electron chi connectivity index (χ0n) is 65.3. The first-order valence-corrected chi connectivity index (χ1v) is 40.5. The van der Waals surface area contributed by atoms with Crippen molar-refractivity contribution in [3.8, 4) is 67.8 Å². The van der Waals surface area contributed by atoms with Gasteiger partial charge in [0, 0.05) is 82.8 Å². The van der Waals surface area contributed by atoms with E-state index in [0.29, 0.717) is 5.56 Å². The summed E-state index contributed by atoms with van der Waals surface area (Å²) in [5, 5.41) is 32.9. The normalized spacial score (nSPS) is 13.8. The van der Waals surface area contributed by atoms with Crippen molar-refractivity contribution < 1.29 is 0 Å². The van der Waals surface area contributed by atoms with Gasteiger partial charge in [0.15, 0.2) is 0 Å². The van der Waals surface area contributed by atoms with Gasteiger partial charge in [-0.1, -0.05) is 308 Å². The van der Waals surface area contributed by atoms with Crippen molar-refractivity contribution in [3.05, 3.63) is 397 Å². The molecule has 0 N–H and O–H groups in total. The van der Waals surface area contributed by atoms with Gasteiger partial charge in [0.1, 0.15) is 5.82 Å². The number of pyridine rings is 1. The Morgan fingerprint density at radius 3 is 1.03 bits per heavy atom. The topological polar surface area (TPSA) is 51.5 Å². The second-order valence-corrected chi connectivity index (χ2v) is 33.5. The van der Waals surface area contributed by atoms with Gasteiger partial charge in [-0.15, -0.1) is 0 Å². The van der Waals surface area contributed by atoms with Crippen LogP contribution in [0.2, 0.25) is 0 Å². The maximum atomic E-state index is 9.42. The molecule has 22 aromatic rings. The zero-order valence-corrected chi connectivity index (χ0v) is 65.3. The van der Waals surface area contributed by atoms with Crippen molar-refractivity contribution in [1.82, 2.24) is 18.7 Å². The van der Waals surface area contributed by atoms with E-state index in [1.807, 2.05) is 24.4 Å². The quantitative estimate of drug-likeness (QED) is 0.176. The van der Waals surface area contributed by atoms with Gasteiger partial charge in [-0.25, -0.2) is 4.98 Å². The second-order valence-electron chi connectivity index (χ2n) is 33.5. The van der Waals surface area contributed by atoms with E-state index in [1.165, 1.54) is 214 Å². The van der Waals surface area contributed by atoms with Crippen LogP contribution in [0.25, 0.3) is 192 Å². The Labute approximate surface area is 672 Å². The summed E-state index contributed by atoms with van der Waals surface area (Å²) >= 11 is 0. The maximum absolute atomic E-state index is 9.42. The van der Waals surface area contributed by atoms with Gasteiger partial charge in [0.25, 0.3) is 0 Å². The van der Waals surface area contributed by atoms with Crippen LogP contribution in [0.3, 0.4) is 0 Å². The molecule has 4 aromatic heterocycles. The lowest BCUT2D eigenvalue weighted by Crippen LogP contribution is -2.23. The third kappa shape index (κ3) is 9.53. The Morgan fingerprint density at radius 1 is 0.250 bits per heavy atom. The number of nitrogens with zero attached hydrogens (tertiary/aromatic N) is 5. The predicted octanol–water partition coefficient (Wildman–Crippen LogP) is 29.1. The third-order valence-corrected chi connectivity index (χ3v) is 26.3. The molecule has 4 heterocycles. The SMILES string of the molecule is CC1(C)c2ccccc2-c2c3c1cccc3cc1c2c2c3ccccc3ccc2n1-c1ccc(C#N)cc1.CC1(C)c2ccccc2-c2c3c1cccc3cc1c2c2c3ccccc3ccc2n1-c1cccc(-c2ccccc2)c1.CC1(C)c2ccccc2-c2c3c1cccc3cc1c2c2c3ccccc3ccc2n1-c1ccccn1. The van der Waals surface area contributed by atoms with Gasteiger partial charge in [-0.2, -0.15) is 5.26 Å². The van der Waals surface area contributed by atoms with Gasteiger partial charge in [-0.05, 0) is 211 Å². The molecule has 3 aliphatic rings. The lowest BCUT2D eigenvalue weighted by Gasteiger charge is -2.35. The minimum atomic E-state index is -0.0929. The monoisotopic (exact) mass is 1480 g/mol. The van der Waals surface area contributed by atoms with E-state index in [2.05, 4.69) is 395 Å². The van der Waals surface area contributed by atoms with Gasteiger partial charge < -0.3 is 9.13 Å². The number of benzene rings is 18. The van der Waals surface area contributed by atoms with Crippen LogP contribution in [0.15, 0.2) is 358 Å². The third-order valence-electron chi connectivity index (χ3n) is 26.3.